The van der Waals surface area contributed by atoms with Crippen LogP contribution in [0.4, 0.5) is 0 Å². The first-order valence-electron chi connectivity index (χ1n) is 7.68. The summed E-state index contributed by atoms with van der Waals surface area (Å²) < 4.78 is 11.3. The molecule has 7 nitrogen and oxygen atoms in total. The van der Waals surface area contributed by atoms with Gasteiger partial charge in [-0.1, -0.05) is 18.2 Å². The molecule has 0 aliphatic heterocycles. The molecular formula is C18H13BrN4O3. The minimum Gasteiger partial charge on any atom is -0.490 e. The predicted molar refractivity (Wildman–Crippen MR) is 96.3 cm³/mol. The lowest BCUT2D eigenvalue weighted by Crippen LogP contribution is -2.12. The third kappa shape index (κ3) is 3.73. The van der Waals surface area contributed by atoms with Crippen molar-refractivity contribution < 1.29 is 14.3 Å². The summed E-state index contributed by atoms with van der Waals surface area (Å²) in [5, 5.41) is 17.3. The number of benzene rings is 2. The molecule has 0 amide bonds. The van der Waals surface area contributed by atoms with E-state index in [1.165, 1.54) is 17.1 Å². The maximum atomic E-state index is 12.4. The maximum absolute atomic E-state index is 12.4. The number of nitriles is 1. The van der Waals surface area contributed by atoms with Crippen molar-refractivity contribution in [3.05, 3.63) is 64.4 Å². The summed E-state index contributed by atoms with van der Waals surface area (Å²) >= 11 is 3.30. The molecule has 0 fully saturated rings. The van der Waals surface area contributed by atoms with Crippen LogP contribution in [0.25, 0.3) is 5.69 Å². The van der Waals surface area contributed by atoms with E-state index < -0.39 is 5.97 Å². The third-order valence-corrected chi connectivity index (χ3v) is 3.91. The van der Waals surface area contributed by atoms with Crippen LogP contribution in [0.3, 0.4) is 0 Å². The van der Waals surface area contributed by atoms with Gasteiger partial charge in [0.2, 0.25) is 0 Å². The van der Waals surface area contributed by atoms with Gasteiger partial charge < -0.3 is 9.47 Å². The molecule has 0 aliphatic carbocycles. The molecule has 0 saturated carbocycles. The van der Waals surface area contributed by atoms with Crippen molar-refractivity contribution in [2.24, 2.45) is 0 Å². The van der Waals surface area contributed by atoms with Crippen molar-refractivity contribution >= 4 is 21.9 Å². The smallest absolute Gasteiger partial charge is 0.366 e. The Hall–Kier alpha value is -3.18. The molecule has 0 aliphatic rings. The van der Waals surface area contributed by atoms with Gasteiger partial charge in [-0.25, -0.2) is 4.79 Å². The number of esters is 1. The minimum atomic E-state index is -0.682. The van der Waals surface area contributed by atoms with Crippen LogP contribution >= 0.6 is 15.9 Å². The van der Waals surface area contributed by atoms with Crippen LogP contribution in [0, 0.1) is 11.3 Å². The Kier molecular flexibility index (Phi) is 5.29. The van der Waals surface area contributed by atoms with Crippen LogP contribution in [0.2, 0.25) is 0 Å². The summed E-state index contributed by atoms with van der Waals surface area (Å²) in [6.07, 6.45) is 1.33. The van der Waals surface area contributed by atoms with Crippen molar-refractivity contribution in [2.75, 3.05) is 6.61 Å². The Morgan fingerprint density at radius 1 is 1.31 bits per heavy atom. The number of carbonyl (C=O) groups excluding carboxylic acids is 1. The third-order valence-electron chi connectivity index (χ3n) is 3.32. The average Bonchev–Trinajstić information content (AvgIpc) is 3.15. The van der Waals surface area contributed by atoms with Crippen molar-refractivity contribution in [2.45, 2.75) is 6.92 Å². The minimum absolute atomic E-state index is 0.0487. The van der Waals surface area contributed by atoms with Gasteiger partial charge in [-0.05, 0) is 41.1 Å². The van der Waals surface area contributed by atoms with E-state index >= 15 is 0 Å². The van der Waals surface area contributed by atoms with Gasteiger partial charge in [0.25, 0.3) is 0 Å². The molecule has 0 saturated heterocycles. The van der Waals surface area contributed by atoms with Crippen molar-refractivity contribution in [3.63, 3.8) is 0 Å². The second-order valence-corrected chi connectivity index (χ2v) is 5.93. The van der Waals surface area contributed by atoms with Gasteiger partial charge in [0.15, 0.2) is 17.2 Å². The summed E-state index contributed by atoms with van der Waals surface area (Å²) in [5.74, 6) is -0.203. The number of ether oxygens (including phenoxy) is 2. The lowest BCUT2D eigenvalue weighted by atomic mass is 10.2. The summed E-state index contributed by atoms with van der Waals surface area (Å²) in [6.45, 7) is 2.15. The van der Waals surface area contributed by atoms with E-state index in [1.54, 1.807) is 13.0 Å². The first kappa shape index (κ1) is 17.6. The Labute approximate surface area is 157 Å². The van der Waals surface area contributed by atoms with Crippen molar-refractivity contribution in [3.8, 4) is 23.3 Å². The van der Waals surface area contributed by atoms with Crippen molar-refractivity contribution in [1.82, 2.24) is 15.0 Å². The zero-order valence-corrected chi connectivity index (χ0v) is 15.3. The fraction of sp³-hybridized carbons (Fsp3) is 0.111. The van der Waals surface area contributed by atoms with Gasteiger partial charge >= 0.3 is 5.97 Å². The number of carbonyl (C=O) groups is 1. The van der Waals surface area contributed by atoms with Gasteiger partial charge in [-0.3, -0.25) is 0 Å². The molecule has 0 spiro atoms. The van der Waals surface area contributed by atoms with E-state index in [2.05, 4.69) is 26.1 Å². The second-order valence-electron chi connectivity index (χ2n) is 5.07. The molecular weight excluding hydrogens is 400 g/mol. The monoisotopic (exact) mass is 412 g/mol. The number of hydrogen-bond acceptors (Lipinski definition) is 6. The Morgan fingerprint density at radius 2 is 2.08 bits per heavy atom. The molecule has 0 unspecified atom stereocenters. The topological polar surface area (TPSA) is 90.0 Å². The molecule has 130 valence electrons. The summed E-state index contributed by atoms with van der Waals surface area (Å²) in [5.41, 5.74) is 1.16. The number of halogens is 1. The zero-order chi connectivity index (χ0) is 18.5. The van der Waals surface area contributed by atoms with Gasteiger partial charge in [0.05, 0.1) is 34.6 Å². The van der Waals surface area contributed by atoms with Crippen molar-refractivity contribution in [1.29, 1.82) is 5.26 Å². The second kappa shape index (κ2) is 7.80. The summed E-state index contributed by atoms with van der Waals surface area (Å²) in [7, 11) is 0. The quantitative estimate of drug-likeness (QED) is 0.470. The van der Waals surface area contributed by atoms with Crippen LogP contribution < -0.4 is 9.47 Å². The van der Waals surface area contributed by atoms with Crippen LogP contribution in [0.5, 0.6) is 11.5 Å². The highest BCUT2D eigenvalue weighted by molar-refractivity contribution is 9.10. The van der Waals surface area contributed by atoms with Crippen LogP contribution in [0.1, 0.15) is 23.0 Å². The molecule has 0 atom stereocenters. The van der Waals surface area contributed by atoms with Gasteiger partial charge in [-0.15, -0.1) is 5.10 Å². The number of aromatic nitrogens is 3. The molecule has 2 aromatic carbocycles. The van der Waals surface area contributed by atoms with E-state index in [4.69, 9.17) is 14.7 Å². The molecule has 3 aromatic rings. The number of para-hydroxylation sites is 1. The van der Waals surface area contributed by atoms with E-state index in [-0.39, 0.29) is 11.4 Å². The molecule has 0 N–H and O–H groups in total. The normalized spacial score (nSPS) is 10.2. The van der Waals surface area contributed by atoms with Crippen LogP contribution in [-0.4, -0.2) is 27.6 Å². The highest BCUT2D eigenvalue weighted by atomic mass is 79.9. The van der Waals surface area contributed by atoms with E-state index in [9.17, 15) is 4.79 Å². The Balaban J connectivity index is 1.87. The first-order valence-corrected chi connectivity index (χ1v) is 8.48. The molecule has 1 heterocycles. The molecule has 8 heteroatoms. The van der Waals surface area contributed by atoms with E-state index in [0.29, 0.717) is 22.4 Å². The summed E-state index contributed by atoms with van der Waals surface area (Å²) in [4.78, 5) is 13.8. The lowest BCUT2D eigenvalue weighted by Gasteiger charge is -2.12. The fourth-order valence-electron chi connectivity index (χ4n) is 2.18. The standard InChI is InChI=1S/C18H13BrN4O3/c1-2-25-16-9-12(10-20)8-14(19)17(16)26-18(24)15-11-21-23(22-15)13-6-4-3-5-7-13/h3-9,11H,2H2,1H3. The van der Waals surface area contributed by atoms with Crippen LogP contribution in [-0.2, 0) is 0 Å². The summed E-state index contributed by atoms with van der Waals surface area (Å²) in [6, 6.07) is 14.3. The molecule has 0 radical (unpaired) electrons. The lowest BCUT2D eigenvalue weighted by molar-refractivity contribution is 0.0720. The predicted octanol–water partition coefficient (Wildman–Crippen LogP) is 3.52. The SMILES string of the molecule is CCOc1cc(C#N)cc(Br)c1OC(=O)c1cnn(-c2ccccc2)n1. The maximum Gasteiger partial charge on any atom is 0.366 e. The van der Waals surface area contributed by atoms with Gasteiger partial charge in [0.1, 0.15) is 0 Å². The average molecular weight is 413 g/mol. The largest absolute Gasteiger partial charge is 0.490 e. The van der Waals surface area contributed by atoms with Gasteiger partial charge in [-0.2, -0.15) is 15.2 Å². The molecule has 3 rings (SSSR count). The zero-order valence-electron chi connectivity index (χ0n) is 13.7. The molecule has 0 bridgehead atoms. The van der Waals surface area contributed by atoms with E-state index in [0.717, 1.165) is 5.69 Å². The highest BCUT2D eigenvalue weighted by Gasteiger charge is 2.20. The Morgan fingerprint density at radius 3 is 2.77 bits per heavy atom. The fourth-order valence-corrected chi connectivity index (χ4v) is 2.70. The van der Waals surface area contributed by atoms with Crippen LogP contribution in [0.15, 0.2) is 53.1 Å². The number of nitrogens with zero attached hydrogens (tertiary/aromatic N) is 4. The molecule has 1 aromatic heterocycles. The van der Waals surface area contributed by atoms with E-state index in [1.807, 2.05) is 36.4 Å². The first-order chi connectivity index (χ1) is 12.6. The Bertz CT molecular complexity index is 980. The van der Waals surface area contributed by atoms with Gasteiger partial charge in [0, 0.05) is 6.07 Å². The highest BCUT2D eigenvalue weighted by Crippen LogP contribution is 2.37. The number of rotatable bonds is 5. The number of hydrogen-bond donors (Lipinski definition) is 0. The molecule has 26 heavy (non-hydrogen) atoms.